The fourth-order valence-corrected chi connectivity index (χ4v) is 4.36. The van der Waals surface area contributed by atoms with Crippen molar-refractivity contribution in [1.29, 1.82) is 0 Å². The summed E-state index contributed by atoms with van der Waals surface area (Å²) in [5.41, 5.74) is 6.29. The number of carbonyl (C=O) groups is 1. The summed E-state index contributed by atoms with van der Waals surface area (Å²) in [6, 6.07) is 14.5. The summed E-state index contributed by atoms with van der Waals surface area (Å²) < 4.78 is 0. The fourth-order valence-electron chi connectivity index (χ4n) is 3.38. The van der Waals surface area contributed by atoms with Crippen LogP contribution in [0.5, 0.6) is 0 Å². The largest absolute Gasteiger partial charge is 0.273 e. The molecule has 3 aromatic rings. The Morgan fingerprint density at radius 2 is 1.62 bits per heavy atom. The average molecular weight is 427 g/mol. The number of alkyl halides is 1. The molecule has 0 bridgehead atoms. The summed E-state index contributed by atoms with van der Waals surface area (Å²) in [6.45, 7) is 10.6. The maximum atomic E-state index is 13.0. The van der Waals surface area contributed by atoms with E-state index < -0.39 is 0 Å². The molecule has 3 nitrogen and oxygen atoms in total. The Hall–Kier alpha value is -2.17. The van der Waals surface area contributed by atoms with Gasteiger partial charge in [0.25, 0.3) is 0 Å². The van der Waals surface area contributed by atoms with Crippen LogP contribution in [0.2, 0.25) is 0 Å². The van der Waals surface area contributed by atoms with E-state index >= 15 is 0 Å². The Morgan fingerprint density at radius 3 is 2.14 bits per heavy atom. The molecule has 1 heterocycles. The summed E-state index contributed by atoms with van der Waals surface area (Å²) in [5, 5.41) is 2.66. The minimum atomic E-state index is -0.161. The van der Waals surface area contributed by atoms with E-state index in [0.717, 1.165) is 28.1 Å². The van der Waals surface area contributed by atoms with E-state index in [9.17, 15) is 4.79 Å². The van der Waals surface area contributed by atoms with E-state index in [-0.39, 0.29) is 23.6 Å². The topological polar surface area (TPSA) is 33.2 Å². The van der Waals surface area contributed by atoms with E-state index in [4.69, 9.17) is 16.6 Å². The molecular formula is C24H27ClN2OS. The number of para-hydroxylation sites is 1. The van der Waals surface area contributed by atoms with Gasteiger partial charge >= 0.3 is 0 Å². The lowest BCUT2D eigenvalue weighted by Crippen LogP contribution is -2.29. The second-order valence-electron chi connectivity index (χ2n) is 7.84. The number of thiazole rings is 1. The molecule has 1 aromatic heterocycles. The summed E-state index contributed by atoms with van der Waals surface area (Å²) >= 11 is 7.51. The SMILES string of the molecule is Cc1ccc(-c2csc(N(C(=O)CCl)c3c(C(C)C)cccc3C(C)C)n2)cc1. The first-order valence-corrected chi connectivity index (χ1v) is 11.3. The van der Waals surface area contributed by atoms with Crippen LogP contribution in [-0.4, -0.2) is 16.8 Å². The van der Waals surface area contributed by atoms with Crippen molar-refractivity contribution >= 4 is 39.7 Å². The zero-order valence-corrected chi connectivity index (χ0v) is 19.1. The predicted molar refractivity (Wildman–Crippen MR) is 125 cm³/mol. The molecule has 1 amide bonds. The highest BCUT2D eigenvalue weighted by Crippen LogP contribution is 2.41. The number of halogens is 1. The maximum absolute atomic E-state index is 13.0. The maximum Gasteiger partial charge on any atom is 0.248 e. The third-order valence-electron chi connectivity index (χ3n) is 4.96. The average Bonchev–Trinajstić information content (AvgIpc) is 3.18. The Bertz CT molecular complexity index is 966. The van der Waals surface area contributed by atoms with Crippen molar-refractivity contribution in [3.8, 4) is 11.3 Å². The monoisotopic (exact) mass is 426 g/mol. The van der Waals surface area contributed by atoms with Gasteiger partial charge in [0.2, 0.25) is 5.91 Å². The van der Waals surface area contributed by atoms with Crippen LogP contribution < -0.4 is 4.90 Å². The molecule has 152 valence electrons. The number of aromatic nitrogens is 1. The van der Waals surface area contributed by atoms with Gasteiger partial charge in [0.15, 0.2) is 5.13 Å². The summed E-state index contributed by atoms with van der Waals surface area (Å²) in [4.78, 5) is 19.6. The third-order valence-corrected chi connectivity index (χ3v) is 6.01. The van der Waals surface area contributed by atoms with E-state index in [1.54, 1.807) is 4.90 Å². The van der Waals surface area contributed by atoms with Crippen molar-refractivity contribution in [2.45, 2.75) is 46.5 Å². The molecule has 0 fully saturated rings. The standard InChI is InChI=1S/C24H27ClN2OS/c1-15(2)19-7-6-8-20(16(3)4)23(19)27(22(28)13-25)24-26-21(14-29-24)18-11-9-17(5)10-12-18/h6-12,14-16H,13H2,1-5H3. The van der Waals surface area contributed by atoms with Crippen LogP contribution in [-0.2, 0) is 4.79 Å². The predicted octanol–water partition coefficient (Wildman–Crippen LogP) is 7.27. The zero-order valence-electron chi connectivity index (χ0n) is 17.6. The lowest BCUT2D eigenvalue weighted by atomic mass is 9.92. The first-order valence-electron chi connectivity index (χ1n) is 9.87. The molecule has 0 saturated heterocycles. The van der Waals surface area contributed by atoms with Crippen molar-refractivity contribution in [2.75, 3.05) is 10.8 Å². The molecule has 0 saturated carbocycles. The lowest BCUT2D eigenvalue weighted by molar-refractivity contribution is -0.115. The molecule has 2 aromatic carbocycles. The van der Waals surface area contributed by atoms with E-state index in [1.165, 1.54) is 16.9 Å². The van der Waals surface area contributed by atoms with Crippen molar-refractivity contribution < 1.29 is 4.79 Å². The van der Waals surface area contributed by atoms with Crippen molar-refractivity contribution in [3.63, 3.8) is 0 Å². The molecular weight excluding hydrogens is 400 g/mol. The van der Waals surface area contributed by atoms with E-state index in [1.807, 2.05) is 5.38 Å². The number of aryl methyl sites for hydroxylation is 1. The number of hydrogen-bond donors (Lipinski definition) is 0. The van der Waals surface area contributed by atoms with Crippen molar-refractivity contribution in [3.05, 3.63) is 64.5 Å². The first kappa shape index (κ1) is 21.5. The number of amides is 1. The molecule has 29 heavy (non-hydrogen) atoms. The van der Waals surface area contributed by atoms with Crippen LogP contribution in [0.25, 0.3) is 11.3 Å². The molecule has 5 heteroatoms. The second kappa shape index (κ2) is 9.10. The van der Waals surface area contributed by atoms with Crippen LogP contribution >= 0.6 is 22.9 Å². The zero-order chi connectivity index (χ0) is 21.1. The Kier molecular flexibility index (Phi) is 6.76. The molecule has 0 aliphatic carbocycles. The van der Waals surface area contributed by atoms with Crippen LogP contribution in [0.15, 0.2) is 47.8 Å². The van der Waals surface area contributed by atoms with Gasteiger partial charge in [0.05, 0.1) is 11.4 Å². The van der Waals surface area contributed by atoms with Gasteiger partial charge in [-0.25, -0.2) is 4.98 Å². The molecule has 0 radical (unpaired) electrons. The third kappa shape index (κ3) is 4.54. The van der Waals surface area contributed by atoms with Gasteiger partial charge in [-0.2, -0.15) is 0 Å². The molecule has 0 aliphatic rings. The van der Waals surface area contributed by atoms with Gasteiger partial charge < -0.3 is 0 Å². The number of nitrogens with zero attached hydrogens (tertiary/aromatic N) is 2. The normalized spacial score (nSPS) is 11.3. The second-order valence-corrected chi connectivity index (χ2v) is 8.94. The van der Waals surface area contributed by atoms with E-state index in [2.05, 4.69) is 77.1 Å². The molecule has 0 unspecified atom stereocenters. The minimum Gasteiger partial charge on any atom is -0.273 e. The van der Waals surface area contributed by atoms with Crippen LogP contribution in [0.1, 0.15) is 56.2 Å². The highest BCUT2D eigenvalue weighted by atomic mass is 35.5. The number of benzene rings is 2. The molecule has 3 rings (SSSR count). The number of hydrogen-bond acceptors (Lipinski definition) is 3. The molecule has 0 aliphatic heterocycles. The van der Waals surface area contributed by atoms with Gasteiger partial charge in [-0.1, -0.05) is 75.7 Å². The lowest BCUT2D eigenvalue weighted by Gasteiger charge is -2.28. The Labute approximate surface area is 182 Å². The quantitative estimate of drug-likeness (QED) is 0.388. The van der Waals surface area contributed by atoms with Gasteiger partial charge in [-0.3, -0.25) is 9.69 Å². The van der Waals surface area contributed by atoms with E-state index in [0.29, 0.717) is 5.13 Å². The van der Waals surface area contributed by atoms with Gasteiger partial charge in [-0.15, -0.1) is 22.9 Å². The van der Waals surface area contributed by atoms with Gasteiger partial charge in [0.1, 0.15) is 5.88 Å². The molecule has 0 atom stereocenters. The first-order chi connectivity index (χ1) is 13.8. The summed E-state index contributed by atoms with van der Waals surface area (Å²) in [6.07, 6.45) is 0. The number of carbonyl (C=O) groups excluding carboxylic acids is 1. The van der Waals surface area contributed by atoms with Gasteiger partial charge in [-0.05, 0) is 29.9 Å². The smallest absolute Gasteiger partial charge is 0.248 e. The Morgan fingerprint density at radius 1 is 1.03 bits per heavy atom. The molecule has 0 spiro atoms. The Balaban J connectivity index is 2.16. The fraction of sp³-hybridized carbons (Fsp3) is 0.333. The minimum absolute atomic E-state index is 0.0938. The van der Waals surface area contributed by atoms with Crippen LogP contribution in [0.3, 0.4) is 0 Å². The van der Waals surface area contributed by atoms with Crippen molar-refractivity contribution in [1.82, 2.24) is 4.98 Å². The molecule has 0 N–H and O–H groups in total. The number of rotatable bonds is 6. The summed E-state index contributed by atoms with van der Waals surface area (Å²) in [7, 11) is 0. The van der Waals surface area contributed by atoms with Gasteiger partial charge in [0, 0.05) is 10.9 Å². The highest BCUT2D eigenvalue weighted by Gasteiger charge is 2.27. The number of anilines is 2. The van der Waals surface area contributed by atoms with Crippen LogP contribution in [0, 0.1) is 6.92 Å². The summed E-state index contributed by atoms with van der Waals surface area (Å²) in [5.74, 6) is 0.284. The van der Waals surface area contributed by atoms with Crippen LogP contribution in [0.4, 0.5) is 10.8 Å². The highest BCUT2D eigenvalue weighted by molar-refractivity contribution is 7.14. The van der Waals surface area contributed by atoms with Crippen molar-refractivity contribution in [2.24, 2.45) is 0 Å².